The van der Waals surface area contributed by atoms with Gasteiger partial charge in [0.25, 0.3) is 0 Å². The second-order valence-corrected chi connectivity index (χ2v) is 7.90. The minimum atomic E-state index is -0.471. The maximum absolute atomic E-state index is 10.2. The van der Waals surface area contributed by atoms with Gasteiger partial charge in [-0.3, -0.25) is 0 Å². The topological polar surface area (TPSA) is 64.1 Å². The number of pyridine rings is 1. The fourth-order valence-electron chi connectivity index (χ4n) is 4.94. The van der Waals surface area contributed by atoms with Crippen molar-refractivity contribution in [2.24, 2.45) is 0 Å². The van der Waals surface area contributed by atoms with Crippen LogP contribution in [-0.4, -0.2) is 42.6 Å². The predicted octanol–water partition coefficient (Wildman–Crippen LogP) is 3.22. The third-order valence-corrected chi connectivity index (χ3v) is 6.31. The summed E-state index contributed by atoms with van der Waals surface area (Å²) in [7, 11) is 1.67. The zero-order valence-electron chi connectivity index (χ0n) is 16.8. The molecular weight excluding hydrogens is 368 g/mol. The van der Waals surface area contributed by atoms with Gasteiger partial charge in [0, 0.05) is 25.1 Å². The van der Waals surface area contributed by atoms with Crippen molar-refractivity contribution < 1.29 is 19.3 Å². The summed E-state index contributed by atoms with van der Waals surface area (Å²) in [6, 6.07) is 8.11. The number of rotatable bonds is 4. The lowest BCUT2D eigenvalue weighted by atomic mass is 9.69. The van der Waals surface area contributed by atoms with E-state index < -0.39 is 6.10 Å². The van der Waals surface area contributed by atoms with Crippen LogP contribution in [0.3, 0.4) is 0 Å². The Bertz CT molecular complexity index is 943. The fourth-order valence-corrected chi connectivity index (χ4v) is 4.94. The van der Waals surface area contributed by atoms with Crippen LogP contribution in [0, 0.1) is 0 Å². The molecule has 152 valence electrons. The number of anilines is 1. The maximum atomic E-state index is 10.2. The van der Waals surface area contributed by atoms with Crippen molar-refractivity contribution in [3.05, 3.63) is 53.7 Å². The van der Waals surface area contributed by atoms with Gasteiger partial charge < -0.3 is 24.2 Å². The molecule has 29 heavy (non-hydrogen) atoms. The molecule has 0 fully saturated rings. The molecule has 0 bridgehead atoms. The summed E-state index contributed by atoms with van der Waals surface area (Å²) in [5, 5.41) is 10.2. The normalized spacial score (nSPS) is 26.9. The first-order valence-electron chi connectivity index (χ1n) is 10.2. The second kappa shape index (κ2) is 6.95. The van der Waals surface area contributed by atoms with Gasteiger partial charge in [-0.05, 0) is 37.1 Å². The number of benzene rings is 1. The molecule has 0 unspecified atom stereocenters. The predicted molar refractivity (Wildman–Crippen MR) is 110 cm³/mol. The molecule has 1 aliphatic carbocycles. The molecule has 2 aliphatic heterocycles. The lowest BCUT2D eigenvalue weighted by Crippen LogP contribution is -2.43. The van der Waals surface area contributed by atoms with E-state index in [1.807, 2.05) is 31.2 Å². The molecule has 2 aromatic rings. The number of aliphatic hydroxyl groups is 1. The summed E-state index contributed by atoms with van der Waals surface area (Å²) in [5.41, 5.74) is 2.19. The summed E-state index contributed by atoms with van der Waals surface area (Å²) in [5.74, 6) is 3.31. The Morgan fingerprint density at radius 1 is 1.31 bits per heavy atom. The molecule has 0 saturated carbocycles. The molecule has 1 aromatic carbocycles. The Balaban J connectivity index is 1.56. The van der Waals surface area contributed by atoms with E-state index in [0.717, 1.165) is 42.6 Å². The average Bonchev–Trinajstić information content (AvgIpc) is 2.96. The number of aromatic nitrogens is 1. The van der Waals surface area contributed by atoms with Crippen LogP contribution in [0.15, 0.2) is 42.6 Å². The molecule has 6 nitrogen and oxygen atoms in total. The number of hydrogen-bond acceptors (Lipinski definition) is 6. The second-order valence-electron chi connectivity index (χ2n) is 7.90. The van der Waals surface area contributed by atoms with E-state index in [2.05, 4.69) is 22.0 Å². The Morgan fingerprint density at radius 2 is 2.21 bits per heavy atom. The molecule has 3 atom stereocenters. The smallest absolute Gasteiger partial charge is 0.166 e. The molecule has 1 aromatic heterocycles. The zero-order chi connectivity index (χ0) is 20.0. The highest BCUT2D eigenvalue weighted by molar-refractivity contribution is 5.62. The molecule has 1 spiro atoms. The van der Waals surface area contributed by atoms with Crippen molar-refractivity contribution in [3.63, 3.8) is 0 Å². The van der Waals surface area contributed by atoms with Crippen LogP contribution in [0.5, 0.6) is 17.2 Å². The lowest BCUT2D eigenvalue weighted by Gasteiger charge is -2.35. The van der Waals surface area contributed by atoms with Gasteiger partial charge in [-0.2, -0.15) is 0 Å². The van der Waals surface area contributed by atoms with Crippen LogP contribution >= 0.6 is 0 Å². The van der Waals surface area contributed by atoms with Gasteiger partial charge in [-0.15, -0.1) is 0 Å². The van der Waals surface area contributed by atoms with Crippen LogP contribution < -0.4 is 19.1 Å². The van der Waals surface area contributed by atoms with E-state index in [0.29, 0.717) is 13.0 Å². The Morgan fingerprint density at radius 3 is 2.97 bits per heavy atom. The molecular formula is C23H26N2O4. The number of hydrogen-bond donors (Lipinski definition) is 1. The van der Waals surface area contributed by atoms with Gasteiger partial charge in [0.2, 0.25) is 0 Å². The van der Waals surface area contributed by atoms with E-state index in [1.165, 1.54) is 11.1 Å². The van der Waals surface area contributed by atoms with Crippen LogP contribution in [0.4, 0.5) is 5.82 Å². The van der Waals surface area contributed by atoms with Crippen LogP contribution in [0.2, 0.25) is 0 Å². The first-order valence-corrected chi connectivity index (χ1v) is 10.2. The van der Waals surface area contributed by atoms with Crippen molar-refractivity contribution >= 4 is 5.82 Å². The van der Waals surface area contributed by atoms with E-state index in [4.69, 9.17) is 14.2 Å². The molecule has 3 heterocycles. The minimum absolute atomic E-state index is 0.0826. The van der Waals surface area contributed by atoms with Gasteiger partial charge >= 0.3 is 0 Å². The van der Waals surface area contributed by atoms with Crippen molar-refractivity contribution in [3.8, 4) is 17.2 Å². The van der Waals surface area contributed by atoms with Crippen molar-refractivity contribution in [1.82, 2.24) is 4.98 Å². The molecule has 3 aliphatic rings. The molecule has 5 rings (SSSR count). The van der Waals surface area contributed by atoms with Gasteiger partial charge in [-0.1, -0.05) is 18.2 Å². The van der Waals surface area contributed by atoms with Crippen LogP contribution in [-0.2, 0) is 12.0 Å². The van der Waals surface area contributed by atoms with Crippen LogP contribution in [0.1, 0.15) is 30.9 Å². The molecule has 0 radical (unpaired) electrons. The first-order chi connectivity index (χ1) is 14.1. The van der Waals surface area contributed by atoms with Crippen molar-refractivity contribution in [1.29, 1.82) is 0 Å². The fraction of sp³-hybridized carbons (Fsp3) is 0.435. The summed E-state index contributed by atoms with van der Waals surface area (Å²) in [6.07, 6.45) is 6.80. The highest BCUT2D eigenvalue weighted by Crippen LogP contribution is 2.55. The van der Waals surface area contributed by atoms with Crippen molar-refractivity contribution in [2.75, 3.05) is 25.2 Å². The molecule has 6 heteroatoms. The Labute approximate surface area is 170 Å². The summed E-state index contributed by atoms with van der Waals surface area (Å²) < 4.78 is 17.5. The monoisotopic (exact) mass is 394 g/mol. The van der Waals surface area contributed by atoms with E-state index >= 15 is 0 Å². The quantitative estimate of drug-likeness (QED) is 0.804. The zero-order valence-corrected chi connectivity index (χ0v) is 16.8. The van der Waals surface area contributed by atoms with Gasteiger partial charge in [-0.25, -0.2) is 4.98 Å². The lowest BCUT2D eigenvalue weighted by molar-refractivity contribution is 0.0856. The molecule has 0 amide bonds. The molecule has 1 N–H and O–H groups in total. The highest BCUT2D eigenvalue weighted by Gasteiger charge is 2.52. The minimum Gasteiger partial charge on any atom is -0.493 e. The highest BCUT2D eigenvalue weighted by atomic mass is 16.5. The van der Waals surface area contributed by atoms with E-state index in [9.17, 15) is 5.11 Å². The standard InChI is InChI=1S/C23H26N2O4/c1-3-28-17-5-7-20(24-13-17)25-11-10-23-9-8-16(26)12-19(23)29-22-18(27-2)6-4-15(14-25)21(22)23/h4-9,13,16,19,26H,3,10-12,14H2,1-2H3/t16-,19-,23-/m0/s1. The van der Waals surface area contributed by atoms with Crippen molar-refractivity contribution in [2.45, 2.75) is 43.9 Å². The number of methoxy groups -OCH3 is 1. The Kier molecular flexibility index (Phi) is 4.39. The van der Waals surface area contributed by atoms with Gasteiger partial charge in [0.15, 0.2) is 11.5 Å². The van der Waals surface area contributed by atoms with Crippen LogP contribution in [0.25, 0.3) is 0 Å². The third-order valence-electron chi connectivity index (χ3n) is 6.31. The molecule has 0 saturated heterocycles. The van der Waals surface area contributed by atoms with E-state index in [1.54, 1.807) is 13.3 Å². The Hall–Kier alpha value is -2.73. The SMILES string of the molecule is CCOc1ccc(N2CC[C@@]34C=C[C@H](O)C[C@@H]3Oc3c(OC)ccc(c34)C2)nc1. The largest absolute Gasteiger partial charge is 0.493 e. The van der Waals surface area contributed by atoms with Gasteiger partial charge in [0.1, 0.15) is 17.7 Å². The summed E-state index contributed by atoms with van der Waals surface area (Å²) >= 11 is 0. The summed E-state index contributed by atoms with van der Waals surface area (Å²) in [6.45, 7) is 4.20. The van der Waals surface area contributed by atoms with E-state index in [-0.39, 0.29) is 11.5 Å². The first kappa shape index (κ1) is 18.3. The maximum Gasteiger partial charge on any atom is 0.166 e. The number of ether oxygens (including phenoxy) is 3. The number of nitrogens with zero attached hydrogens (tertiary/aromatic N) is 2. The number of aliphatic hydroxyl groups excluding tert-OH is 1. The third kappa shape index (κ3) is 2.85. The van der Waals surface area contributed by atoms with Gasteiger partial charge in [0.05, 0.1) is 31.4 Å². The average molecular weight is 394 g/mol. The summed E-state index contributed by atoms with van der Waals surface area (Å²) in [4.78, 5) is 6.94.